The number of hydrogen-bond donors (Lipinski definition) is 0. The molecule has 1 amide bonds. The molecule has 0 unspecified atom stereocenters. The lowest BCUT2D eigenvalue weighted by atomic mass is 9.88. The van der Waals surface area contributed by atoms with Crippen molar-refractivity contribution >= 4 is 12.4 Å². The number of hydrogen-bond acceptors (Lipinski definition) is 3. The first-order valence-corrected chi connectivity index (χ1v) is 6.24. The van der Waals surface area contributed by atoms with Crippen molar-refractivity contribution in [3.63, 3.8) is 0 Å². The molecule has 1 rings (SSSR count). The number of amides is 1. The third kappa shape index (κ3) is 4.02. The highest BCUT2D eigenvalue weighted by molar-refractivity contribution is 5.68. The maximum atomic E-state index is 11.8. The van der Waals surface area contributed by atoms with E-state index < -0.39 is 0 Å². The third-order valence-corrected chi connectivity index (χ3v) is 3.46. The molecular formula is C13H23NO3. The fourth-order valence-electron chi connectivity index (χ4n) is 1.84. The van der Waals surface area contributed by atoms with Crippen LogP contribution in [0.25, 0.3) is 0 Å². The van der Waals surface area contributed by atoms with Gasteiger partial charge >= 0.3 is 6.09 Å². The molecule has 0 aromatic rings. The number of carbonyl (C=O) groups excluding carboxylic acids is 2. The Bertz CT molecular complexity index is 275. The quantitative estimate of drug-likeness (QED) is 0.698. The van der Waals surface area contributed by atoms with Gasteiger partial charge in [0, 0.05) is 18.5 Å². The summed E-state index contributed by atoms with van der Waals surface area (Å²) in [5.41, 5.74) is -0.225. The smallest absolute Gasteiger partial charge is 0.410 e. The second-order valence-corrected chi connectivity index (χ2v) is 5.79. The van der Waals surface area contributed by atoms with Gasteiger partial charge in [0.15, 0.2) is 0 Å². The number of rotatable bonds is 2. The maximum Gasteiger partial charge on any atom is 0.410 e. The van der Waals surface area contributed by atoms with E-state index in [4.69, 9.17) is 4.74 Å². The van der Waals surface area contributed by atoms with Gasteiger partial charge in [0.05, 0.1) is 0 Å². The number of ether oxygens (including phenoxy) is 1. The van der Waals surface area contributed by atoms with Crippen molar-refractivity contribution < 1.29 is 14.3 Å². The Balaban J connectivity index is 2.40. The van der Waals surface area contributed by atoms with Gasteiger partial charge in [-0.3, -0.25) is 0 Å². The van der Waals surface area contributed by atoms with Crippen molar-refractivity contribution in [2.24, 2.45) is 5.92 Å². The molecule has 1 aliphatic rings. The lowest BCUT2D eigenvalue weighted by Crippen LogP contribution is -2.44. The van der Waals surface area contributed by atoms with E-state index in [-0.39, 0.29) is 23.7 Å². The minimum atomic E-state index is -0.271. The molecular weight excluding hydrogens is 218 g/mol. The predicted molar refractivity (Wildman–Crippen MR) is 65.8 cm³/mol. The van der Waals surface area contributed by atoms with Crippen molar-refractivity contribution in [2.75, 3.05) is 7.05 Å². The Morgan fingerprint density at radius 1 is 1.24 bits per heavy atom. The van der Waals surface area contributed by atoms with E-state index in [0.717, 1.165) is 32.0 Å². The van der Waals surface area contributed by atoms with E-state index in [1.165, 1.54) is 0 Å². The molecule has 1 fully saturated rings. The van der Waals surface area contributed by atoms with E-state index in [2.05, 4.69) is 0 Å². The summed E-state index contributed by atoms with van der Waals surface area (Å²) in [6.45, 7) is 5.91. The summed E-state index contributed by atoms with van der Waals surface area (Å²) in [5, 5.41) is 0. The first-order valence-electron chi connectivity index (χ1n) is 6.24. The van der Waals surface area contributed by atoms with Crippen molar-refractivity contribution in [1.29, 1.82) is 0 Å². The molecule has 4 nitrogen and oxygen atoms in total. The fraction of sp³-hybridized carbons (Fsp3) is 0.846. The Labute approximate surface area is 103 Å². The van der Waals surface area contributed by atoms with Crippen molar-refractivity contribution in [3.8, 4) is 0 Å². The third-order valence-electron chi connectivity index (χ3n) is 3.46. The van der Waals surface area contributed by atoms with Gasteiger partial charge in [0.25, 0.3) is 0 Å². The SMILES string of the molecule is CN(C(=O)OC1CCC(C=O)CC1)C(C)(C)C. The molecule has 0 saturated heterocycles. The number of nitrogens with zero attached hydrogens (tertiary/aromatic N) is 1. The van der Waals surface area contributed by atoms with E-state index in [9.17, 15) is 9.59 Å². The molecule has 98 valence electrons. The zero-order chi connectivity index (χ0) is 13.1. The lowest BCUT2D eigenvalue weighted by Gasteiger charge is -2.33. The van der Waals surface area contributed by atoms with Crippen LogP contribution in [0, 0.1) is 5.92 Å². The monoisotopic (exact) mass is 241 g/mol. The second kappa shape index (κ2) is 5.52. The standard InChI is InChI=1S/C13H23NO3/c1-13(2,3)14(4)12(16)17-11-7-5-10(9-15)6-8-11/h9-11H,5-8H2,1-4H3. The molecule has 1 saturated carbocycles. The Kier molecular flexibility index (Phi) is 4.54. The van der Waals surface area contributed by atoms with Crippen LogP contribution in [0.4, 0.5) is 4.79 Å². The van der Waals surface area contributed by atoms with Gasteiger partial charge in [-0.1, -0.05) is 0 Å². The van der Waals surface area contributed by atoms with Gasteiger partial charge in [0.2, 0.25) is 0 Å². The van der Waals surface area contributed by atoms with Gasteiger partial charge in [-0.25, -0.2) is 4.79 Å². The van der Waals surface area contributed by atoms with Crippen LogP contribution >= 0.6 is 0 Å². The van der Waals surface area contributed by atoms with Crippen LogP contribution in [-0.4, -0.2) is 36.0 Å². The number of carbonyl (C=O) groups is 2. The topological polar surface area (TPSA) is 46.6 Å². The summed E-state index contributed by atoms with van der Waals surface area (Å²) in [6.07, 6.45) is 3.98. The molecule has 0 spiro atoms. The van der Waals surface area contributed by atoms with Crippen LogP contribution < -0.4 is 0 Å². The second-order valence-electron chi connectivity index (χ2n) is 5.79. The Hall–Kier alpha value is -1.06. The van der Waals surface area contributed by atoms with Crippen molar-refractivity contribution in [3.05, 3.63) is 0 Å². The summed E-state index contributed by atoms with van der Waals surface area (Å²) in [6, 6.07) is 0. The van der Waals surface area contributed by atoms with Crippen molar-refractivity contribution in [2.45, 2.75) is 58.1 Å². The first-order chi connectivity index (χ1) is 7.84. The molecule has 0 aromatic carbocycles. The molecule has 0 atom stereocenters. The summed E-state index contributed by atoms with van der Waals surface area (Å²) >= 11 is 0. The Morgan fingerprint density at radius 2 is 1.76 bits per heavy atom. The minimum absolute atomic E-state index is 0.0245. The summed E-state index contributed by atoms with van der Waals surface area (Å²) in [4.78, 5) is 24.1. The van der Waals surface area contributed by atoms with E-state index in [0.29, 0.717) is 0 Å². The first kappa shape index (κ1) is 14.0. The molecule has 0 bridgehead atoms. The van der Waals surface area contributed by atoms with Gasteiger partial charge in [0.1, 0.15) is 12.4 Å². The van der Waals surface area contributed by atoms with Crippen LogP contribution in [0.1, 0.15) is 46.5 Å². The van der Waals surface area contributed by atoms with Gasteiger partial charge in [-0.2, -0.15) is 0 Å². The van der Waals surface area contributed by atoms with E-state index in [1.807, 2.05) is 20.8 Å². The highest BCUT2D eigenvalue weighted by Crippen LogP contribution is 2.25. The molecule has 0 radical (unpaired) electrons. The number of aldehydes is 1. The summed E-state index contributed by atoms with van der Waals surface area (Å²) < 4.78 is 5.44. The highest BCUT2D eigenvalue weighted by Gasteiger charge is 2.28. The average molecular weight is 241 g/mol. The Morgan fingerprint density at radius 3 is 2.18 bits per heavy atom. The van der Waals surface area contributed by atoms with E-state index >= 15 is 0 Å². The van der Waals surface area contributed by atoms with Crippen LogP contribution in [0.2, 0.25) is 0 Å². The summed E-state index contributed by atoms with van der Waals surface area (Å²) in [5.74, 6) is 0.158. The molecule has 0 aromatic heterocycles. The normalized spacial score (nSPS) is 25.2. The minimum Gasteiger partial charge on any atom is -0.446 e. The van der Waals surface area contributed by atoms with Gasteiger partial charge in [-0.05, 0) is 46.5 Å². The van der Waals surface area contributed by atoms with Crippen LogP contribution in [0.3, 0.4) is 0 Å². The largest absolute Gasteiger partial charge is 0.446 e. The summed E-state index contributed by atoms with van der Waals surface area (Å²) in [7, 11) is 1.75. The zero-order valence-corrected chi connectivity index (χ0v) is 11.2. The molecule has 0 aliphatic heterocycles. The molecule has 1 aliphatic carbocycles. The van der Waals surface area contributed by atoms with Gasteiger partial charge < -0.3 is 14.4 Å². The average Bonchev–Trinajstić information content (AvgIpc) is 2.27. The van der Waals surface area contributed by atoms with Crippen LogP contribution in [-0.2, 0) is 9.53 Å². The van der Waals surface area contributed by atoms with Crippen LogP contribution in [0.5, 0.6) is 0 Å². The highest BCUT2D eigenvalue weighted by atomic mass is 16.6. The van der Waals surface area contributed by atoms with E-state index in [1.54, 1.807) is 11.9 Å². The predicted octanol–water partition coefficient (Wildman–Crippen LogP) is 2.61. The van der Waals surface area contributed by atoms with Crippen LogP contribution in [0.15, 0.2) is 0 Å². The lowest BCUT2D eigenvalue weighted by molar-refractivity contribution is -0.112. The zero-order valence-electron chi connectivity index (χ0n) is 11.2. The molecule has 0 heterocycles. The molecule has 4 heteroatoms. The molecule has 17 heavy (non-hydrogen) atoms. The maximum absolute atomic E-state index is 11.8. The van der Waals surface area contributed by atoms with Crippen molar-refractivity contribution in [1.82, 2.24) is 4.90 Å². The van der Waals surface area contributed by atoms with Gasteiger partial charge in [-0.15, -0.1) is 0 Å². The fourth-order valence-corrected chi connectivity index (χ4v) is 1.84. The molecule has 0 N–H and O–H groups in total.